The maximum absolute atomic E-state index is 11.6. The smallest absolute Gasteiger partial charge is 0.220 e. The van der Waals surface area contributed by atoms with Gasteiger partial charge in [-0.2, -0.15) is 0 Å². The highest BCUT2D eigenvalue weighted by molar-refractivity contribution is 5.80. The van der Waals surface area contributed by atoms with Crippen molar-refractivity contribution in [3.05, 3.63) is 35.9 Å². The number of likely N-dealkylation sites (N-methyl/N-ethyl adjacent to an activating group) is 1. The summed E-state index contributed by atoms with van der Waals surface area (Å²) in [5, 5.41) is 6.18. The van der Waals surface area contributed by atoms with Gasteiger partial charge in [0.15, 0.2) is 5.96 Å². The zero-order valence-electron chi connectivity index (χ0n) is 17.2. The highest BCUT2D eigenvalue weighted by Gasteiger charge is 2.23. The number of amides is 1. The van der Waals surface area contributed by atoms with Crippen LogP contribution in [0.5, 0.6) is 0 Å². The summed E-state index contributed by atoms with van der Waals surface area (Å²) in [7, 11) is 5.91. The molecule has 1 aliphatic heterocycles. The number of likely N-dealkylation sites (tertiary alicyclic amines) is 1. The lowest BCUT2D eigenvalue weighted by Gasteiger charge is -2.34. The van der Waals surface area contributed by atoms with Gasteiger partial charge in [0.25, 0.3) is 0 Å². The van der Waals surface area contributed by atoms with Crippen molar-refractivity contribution in [2.75, 3.05) is 47.3 Å². The number of aliphatic imine (C=N–C) groups is 1. The van der Waals surface area contributed by atoms with Crippen LogP contribution < -0.4 is 10.6 Å². The van der Waals surface area contributed by atoms with Crippen LogP contribution in [0.15, 0.2) is 35.3 Å². The molecule has 1 aliphatic rings. The number of carbonyl (C=O) groups is 1. The van der Waals surface area contributed by atoms with Gasteiger partial charge in [-0.15, -0.1) is 0 Å². The Hall–Kier alpha value is -2.08. The van der Waals surface area contributed by atoms with Crippen molar-refractivity contribution in [3.8, 4) is 0 Å². The van der Waals surface area contributed by atoms with Crippen molar-refractivity contribution in [3.63, 3.8) is 0 Å². The van der Waals surface area contributed by atoms with Crippen LogP contribution in [0, 0.1) is 5.92 Å². The quantitative estimate of drug-likeness (QED) is 0.568. The number of nitrogens with one attached hydrogen (secondary N) is 2. The summed E-state index contributed by atoms with van der Waals surface area (Å²) in [6.45, 7) is 5.58. The first-order valence-corrected chi connectivity index (χ1v) is 10.00. The molecular formula is C21H35N5O. The Bertz CT molecular complexity index is 594. The molecule has 0 aliphatic carbocycles. The molecule has 1 aromatic carbocycles. The van der Waals surface area contributed by atoms with Gasteiger partial charge >= 0.3 is 0 Å². The Kier molecular flexibility index (Phi) is 8.58. The number of rotatable bonds is 7. The minimum atomic E-state index is 0.144. The van der Waals surface area contributed by atoms with E-state index in [1.165, 1.54) is 5.56 Å². The molecule has 150 valence electrons. The fourth-order valence-corrected chi connectivity index (χ4v) is 3.55. The number of piperidine rings is 1. The fourth-order valence-electron chi connectivity index (χ4n) is 3.55. The normalized spacial score (nSPS) is 17.1. The largest absolute Gasteiger partial charge is 0.359 e. The van der Waals surface area contributed by atoms with Crippen LogP contribution in [0.2, 0.25) is 0 Å². The Morgan fingerprint density at radius 2 is 1.93 bits per heavy atom. The number of benzene rings is 1. The van der Waals surface area contributed by atoms with E-state index < -0.39 is 0 Å². The van der Waals surface area contributed by atoms with Crippen molar-refractivity contribution in [2.45, 2.75) is 32.2 Å². The summed E-state index contributed by atoms with van der Waals surface area (Å²) in [6.07, 6.45) is 2.70. The standard InChI is InChI=1S/C21H35N5O/c1-5-23-21(26-13-11-17(12-14-26)15-20(27)22-2)24-16-19(25(3)4)18-9-7-6-8-10-18/h6-10,17,19H,5,11-16H2,1-4H3,(H,22,27)(H,23,24). The van der Waals surface area contributed by atoms with E-state index in [0.717, 1.165) is 45.0 Å². The molecule has 2 N–H and O–H groups in total. The number of hydrogen-bond donors (Lipinski definition) is 2. The van der Waals surface area contributed by atoms with Crippen LogP contribution in [0.1, 0.15) is 37.8 Å². The molecule has 27 heavy (non-hydrogen) atoms. The Balaban J connectivity index is 2.00. The molecule has 6 nitrogen and oxygen atoms in total. The second kappa shape index (κ2) is 10.9. The van der Waals surface area contributed by atoms with Crippen molar-refractivity contribution in [1.82, 2.24) is 20.4 Å². The van der Waals surface area contributed by atoms with E-state index in [4.69, 9.17) is 4.99 Å². The van der Waals surface area contributed by atoms with Gasteiger partial charge in [-0.05, 0) is 45.3 Å². The van der Waals surface area contributed by atoms with E-state index in [1.807, 2.05) is 6.07 Å². The molecule has 1 fully saturated rings. The van der Waals surface area contributed by atoms with Gasteiger partial charge in [0.1, 0.15) is 0 Å². The predicted molar refractivity (Wildman–Crippen MR) is 112 cm³/mol. The zero-order chi connectivity index (χ0) is 19.6. The van der Waals surface area contributed by atoms with Gasteiger partial charge in [-0.25, -0.2) is 0 Å². The van der Waals surface area contributed by atoms with Crippen molar-refractivity contribution in [2.24, 2.45) is 10.9 Å². The molecule has 1 heterocycles. The molecule has 1 amide bonds. The summed E-state index contributed by atoms with van der Waals surface area (Å²) in [5.74, 6) is 1.60. The third-order valence-corrected chi connectivity index (χ3v) is 5.22. The second-order valence-electron chi connectivity index (χ2n) is 7.39. The molecule has 6 heteroatoms. The van der Waals surface area contributed by atoms with Crippen molar-refractivity contribution >= 4 is 11.9 Å². The minimum absolute atomic E-state index is 0.144. The highest BCUT2D eigenvalue weighted by Crippen LogP contribution is 2.21. The molecule has 0 saturated carbocycles. The molecule has 1 aromatic rings. The van der Waals surface area contributed by atoms with E-state index >= 15 is 0 Å². The Labute approximate surface area is 164 Å². The number of guanidine groups is 1. The summed E-state index contributed by atoms with van der Waals surface area (Å²) < 4.78 is 0. The third kappa shape index (κ3) is 6.54. The minimum Gasteiger partial charge on any atom is -0.359 e. The van der Waals surface area contributed by atoms with Gasteiger partial charge in [0.2, 0.25) is 5.91 Å². The number of hydrogen-bond acceptors (Lipinski definition) is 3. The van der Waals surface area contributed by atoms with Gasteiger partial charge in [-0.3, -0.25) is 9.79 Å². The molecule has 0 radical (unpaired) electrons. The summed E-state index contributed by atoms with van der Waals surface area (Å²) in [5.41, 5.74) is 1.28. The summed E-state index contributed by atoms with van der Waals surface area (Å²) >= 11 is 0. The first kappa shape index (κ1) is 21.2. The van der Waals surface area contributed by atoms with Gasteiger partial charge in [-0.1, -0.05) is 30.3 Å². The zero-order valence-corrected chi connectivity index (χ0v) is 17.2. The van der Waals surface area contributed by atoms with E-state index in [9.17, 15) is 4.79 Å². The molecular weight excluding hydrogens is 338 g/mol. The van der Waals surface area contributed by atoms with Crippen molar-refractivity contribution < 1.29 is 4.79 Å². The van der Waals surface area contributed by atoms with Crippen LogP contribution >= 0.6 is 0 Å². The monoisotopic (exact) mass is 373 g/mol. The average molecular weight is 374 g/mol. The highest BCUT2D eigenvalue weighted by atomic mass is 16.1. The molecule has 0 spiro atoms. The van der Waals surface area contributed by atoms with E-state index in [1.54, 1.807) is 7.05 Å². The molecule has 1 atom stereocenters. The van der Waals surface area contributed by atoms with Crippen LogP contribution in [-0.4, -0.2) is 69.0 Å². The Morgan fingerprint density at radius 3 is 2.48 bits per heavy atom. The maximum atomic E-state index is 11.6. The van der Waals surface area contributed by atoms with Crippen LogP contribution in [-0.2, 0) is 4.79 Å². The van der Waals surface area contributed by atoms with E-state index in [0.29, 0.717) is 12.3 Å². The maximum Gasteiger partial charge on any atom is 0.220 e. The van der Waals surface area contributed by atoms with E-state index in [2.05, 4.69) is 65.7 Å². The lowest BCUT2D eigenvalue weighted by Crippen LogP contribution is -2.46. The number of nitrogens with zero attached hydrogens (tertiary/aromatic N) is 3. The van der Waals surface area contributed by atoms with Crippen LogP contribution in [0.4, 0.5) is 0 Å². The molecule has 0 bridgehead atoms. The van der Waals surface area contributed by atoms with Crippen LogP contribution in [0.25, 0.3) is 0 Å². The first-order chi connectivity index (χ1) is 13.0. The third-order valence-electron chi connectivity index (χ3n) is 5.22. The summed E-state index contributed by atoms with van der Waals surface area (Å²) in [6, 6.07) is 10.8. The van der Waals surface area contributed by atoms with Gasteiger partial charge < -0.3 is 20.4 Å². The topological polar surface area (TPSA) is 60.0 Å². The molecule has 1 unspecified atom stereocenters. The lowest BCUT2D eigenvalue weighted by atomic mass is 9.93. The average Bonchev–Trinajstić information content (AvgIpc) is 2.68. The SMILES string of the molecule is CCNC(=NCC(c1ccccc1)N(C)C)N1CCC(CC(=O)NC)CC1. The van der Waals surface area contributed by atoms with Crippen LogP contribution in [0.3, 0.4) is 0 Å². The van der Waals surface area contributed by atoms with Gasteiger partial charge in [0, 0.05) is 33.1 Å². The van der Waals surface area contributed by atoms with E-state index in [-0.39, 0.29) is 11.9 Å². The lowest BCUT2D eigenvalue weighted by molar-refractivity contribution is -0.121. The summed E-state index contributed by atoms with van der Waals surface area (Å²) in [4.78, 5) is 21.1. The van der Waals surface area contributed by atoms with Crippen molar-refractivity contribution in [1.29, 1.82) is 0 Å². The molecule has 2 rings (SSSR count). The number of carbonyl (C=O) groups excluding carboxylic acids is 1. The second-order valence-corrected chi connectivity index (χ2v) is 7.39. The molecule has 1 saturated heterocycles. The van der Waals surface area contributed by atoms with Gasteiger partial charge in [0.05, 0.1) is 12.6 Å². The molecule has 0 aromatic heterocycles. The Morgan fingerprint density at radius 1 is 1.26 bits per heavy atom. The predicted octanol–water partition coefficient (Wildman–Crippen LogP) is 2.10. The first-order valence-electron chi connectivity index (χ1n) is 10.00. The fraction of sp³-hybridized carbons (Fsp3) is 0.619.